The summed E-state index contributed by atoms with van der Waals surface area (Å²) in [6.45, 7) is 5.93. The van der Waals surface area contributed by atoms with Crippen molar-refractivity contribution in [1.82, 2.24) is 0 Å². The summed E-state index contributed by atoms with van der Waals surface area (Å²) in [6, 6.07) is 3.23. The van der Waals surface area contributed by atoms with Gasteiger partial charge in [-0.05, 0) is 44.0 Å². The predicted octanol–water partition coefficient (Wildman–Crippen LogP) is 1.35. The third kappa shape index (κ3) is 2.70. The molecule has 1 rings (SSSR count). The zero-order chi connectivity index (χ0) is 11.6. The molecule has 0 unspecified atom stereocenters. The Morgan fingerprint density at radius 2 is 1.80 bits per heavy atom. The van der Waals surface area contributed by atoms with Crippen molar-refractivity contribution in [3.63, 3.8) is 0 Å². The van der Waals surface area contributed by atoms with E-state index in [2.05, 4.69) is 0 Å². The quantitative estimate of drug-likeness (QED) is 0.850. The molecule has 0 spiro atoms. The molecule has 0 aliphatic heterocycles. The van der Waals surface area contributed by atoms with E-state index in [4.69, 9.17) is 9.88 Å². The van der Waals surface area contributed by atoms with Crippen molar-refractivity contribution in [2.24, 2.45) is 5.14 Å². The van der Waals surface area contributed by atoms with Gasteiger partial charge in [0.25, 0.3) is 0 Å². The molecule has 2 N–H and O–H groups in total. The van der Waals surface area contributed by atoms with Crippen molar-refractivity contribution in [2.45, 2.75) is 25.7 Å². The van der Waals surface area contributed by atoms with Gasteiger partial charge in [0.05, 0.1) is 6.61 Å². The fourth-order valence-electron chi connectivity index (χ4n) is 1.25. The van der Waals surface area contributed by atoms with Gasteiger partial charge < -0.3 is 4.74 Å². The van der Waals surface area contributed by atoms with Crippen molar-refractivity contribution >= 4 is 10.0 Å². The number of sulfonamides is 1. The first kappa shape index (κ1) is 12.0. The highest BCUT2D eigenvalue weighted by Crippen LogP contribution is 2.26. The van der Waals surface area contributed by atoms with Crippen LogP contribution in [0, 0.1) is 13.8 Å². The number of hydrogen-bond acceptors (Lipinski definition) is 3. The van der Waals surface area contributed by atoms with E-state index in [1.807, 2.05) is 13.8 Å². The summed E-state index contributed by atoms with van der Waals surface area (Å²) >= 11 is 0. The molecule has 0 amide bonds. The predicted molar refractivity (Wildman–Crippen MR) is 58.5 cm³/mol. The minimum absolute atomic E-state index is 0.0486. The molecular formula is C10H15NO3S. The highest BCUT2D eigenvalue weighted by molar-refractivity contribution is 7.89. The molecule has 0 fully saturated rings. The highest BCUT2D eigenvalue weighted by atomic mass is 32.2. The lowest BCUT2D eigenvalue weighted by Gasteiger charge is -2.11. The van der Waals surface area contributed by atoms with Crippen LogP contribution in [0.2, 0.25) is 0 Å². The van der Waals surface area contributed by atoms with Gasteiger partial charge in [0.15, 0.2) is 0 Å². The Kier molecular flexibility index (Phi) is 3.36. The molecule has 0 heterocycles. The lowest BCUT2D eigenvalue weighted by molar-refractivity contribution is 0.331. The van der Waals surface area contributed by atoms with Crippen LogP contribution in [0.25, 0.3) is 0 Å². The molecule has 15 heavy (non-hydrogen) atoms. The summed E-state index contributed by atoms with van der Waals surface area (Å²) in [4.78, 5) is 0.0486. The van der Waals surface area contributed by atoms with Gasteiger partial charge in [-0.1, -0.05) is 0 Å². The van der Waals surface area contributed by atoms with Gasteiger partial charge in [-0.15, -0.1) is 0 Å². The maximum absolute atomic E-state index is 11.3. The number of ether oxygens (including phenoxy) is 1. The van der Waals surface area contributed by atoms with Crippen LogP contribution in [-0.4, -0.2) is 15.0 Å². The number of primary sulfonamides is 1. The third-order valence-electron chi connectivity index (χ3n) is 2.17. The summed E-state index contributed by atoms with van der Waals surface area (Å²) in [5.74, 6) is 0.322. The van der Waals surface area contributed by atoms with E-state index in [9.17, 15) is 8.42 Å². The smallest absolute Gasteiger partial charge is 0.241 e. The Hall–Kier alpha value is -1.07. The SMILES string of the molecule is CCOc1cc(C)c(C)cc1S(N)(=O)=O. The van der Waals surface area contributed by atoms with Gasteiger partial charge in [-0.2, -0.15) is 0 Å². The van der Waals surface area contributed by atoms with Crippen molar-refractivity contribution in [3.8, 4) is 5.75 Å². The van der Waals surface area contributed by atoms with Crippen LogP contribution >= 0.6 is 0 Å². The standard InChI is InChI=1S/C10H15NO3S/c1-4-14-9-5-7(2)8(3)6-10(9)15(11,12)13/h5-6H,4H2,1-3H3,(H2,11,12,13). The second kappa shape index (κ2) is 4.20. The van der Waals surface area contributed by atoms with E-state index in [1.165, 1.54) is 6.07 Å². The minimum Gasteiger partial charge on any atom is -0.492 e. The van der Waals surface area contributed by atoms with E-state index in [0.717, 1.165) is 11.1 Å². The summed E-state index contributed by atoms with van der Waals surface area (Å²) in [7, 11) is -3.72. The van der Waals surface area contributed by atoms with Gasteiger partial charge in [-0.3, -0.25) is 0 Å². The van der Waals surface area contributed by atoms with E-state index >= 15 is 0 Å². The van der Waals surface area contributed by atoms with E-state index in [1.54, 1.807) is 13.0 Å². The van der Waals surface area contributed by atoms with Crippen molar-refractivity contribution in [3.05, 3.63) is 23.3 Å². The van der Waals surface area contributed by atoms with Crippen LogP contribution < -0.4 is 9.88 Å². The second-order valence-corrected chi connectivity index (χ2v) is 4.89. The van der Waals surface area contributed by atoms with Crippen LogP contribution in [-0.2, 0) is 10.0 Å². The molecular weight excluding hydrogens is 214 g/mol. The molecule has 4 nitrogen and oxygen atoms in total. The molecule has 0 aromatic heterocycles. The molecule has 0 atom stereocenters. The topological polar surface area (TPSA) is 69.4 Å². The molecule has 0 saturated carbocycles. The fraction of sp³-hybridized carbons (Fsp3) is 0.400. The monoisotopic (exact) mass is 229 g/mol. The molecule has 0 radical (unpaired) electrons. The third-order valence-corrected chi connectivity index (χ3v) is 3.10. The Labute approximate surface area is 90.1 Å². The summed E-state index contributed by atoms with van der Waals surface area (Å²) in [6.07, 6.45) is 0. The maximum Gasteiger partial charge on any atom is 0.241 e. The van der Waals surface area contributed by atoms with Gasteiger partial charge in [-0.25, -0.2) is 13.6 Å². The van der Waals surface area contributed by atoms with Crippen molar-refractivity contribution < 1.29 is 13.2 Å². The maximum atomic E-state index is 11.3. The zero-order valence-electron chi connectivity index (χ0n) is 9.07. The summed E-state index contributed by atoms with van der Waals surface area (Å²) < 4.78 is 27.8. The Morgan fingerprint density at radius 3 is 2.27 bits per heavy atom. The van der Waals surface area contributed by atoms with E-state index in [-0.39, 0.29) is 4.90 Å². The molecule has 5 heteroatoms. The Morgan fingerprint density at radius 1 is 1.27 bits per heavy atom. The van der Waals surface area contributed by atoms with E-state index < -0.39 is 10.0 Å². The molecule has 84 valence electrons. The average molecular weight is 229 g/mol. The molecule has 0 aliphatic carbocycles. The van der Waals surface area contributed by atoms with Gasteiger partial charge in [0.2, 0.25) is 10.0 Å². The molecule has 1 aromatic rings. The molecule has 0 saturated heterocycles. The van der Waals surface area contributed by atoms with Crippen LogP contribution in [0.3, 0.4) is 0 Å². The van der Waals surface area contributed by atoms with Gasteiger partial charge >= 0.3 is 0 Å². The van der Waals surface area contributed by atoms with Crippen molar-refractivity contribution in [1.29, 1.82) is 0 Å². The molecule has 0 aliphatic rings. The second-order valence-electron chi connectivity index (χ2n) is 3.36. The number of hydrogen-bond donors (Lipinski definition) is 1. The highest BCUT2D eigenvalue weighted by Gasteiger charge is 2.16. The van der Waals surface area contributed by atoms with Gasteiger partial charge in [0.1, 0.15) is 10.6 Å². The number of rotatable bonds is 3. The average Bonchev–Trinajstić information content (AvgIpc) is 2.09. The minimum atomic E-state index is -3.72. The normalized spacial score (nSPS) is 11.5. The lowest BCUT2D eigenvalue weighted by atomic mass is 10.1. The number of aryl methyl sites for hydroxylation is 2. The van der Waals surface area contributed by atoms with E-state index in [0.29, 0.717) is 12.4 Å². The number of nitrogens with two attached hydrogens (primary N) is 1. The number of benzene rings is 1. The van der Waals surface area contributed by atoms with Crippen LogP contribution in [0.4, 0.5) is 0 Å². The summed E-state index contributed by atoms with van der Waals surface area (Å²) in [5.41, 5.74) is 1.85. The van der Waals surface area contributed by atoms with Crippen LogP contribution in [0.5, 0.6) is 5.75 Å². The first-order valence-corrected chi connectivity index (χ1v) is 6.17. The van der Waals surface area contributed by atoms with Crippen molar-refractivity contribution in [2.75, 3.05) is 6.61 Å². The van der Waals surface area contributed by atoms with Crippen LogP contribution in [0.1, 0.15) is 18.1 Å². The molecule has 1 aromatic carbocycles. The Bertz CT molecular complexity index is 466. The first-order chi connectivity index (χ1) is 6.86. The summed E-state index contributed by atoms with van der Waals surface area (Å²) in [5, 5.41) is 5.10. The Balaban J connectivity index is 3.42. The zero-order valence-corrected chi connectivity index (χ0v) is 9.89. The van der Waals surface area contributed by atoms with Crippen LogP contribution in [0.15, 0.2) is 17.0 Å². The largest absolute Gasteiger partial charge is 0.492 e. The van der Waals surface area contributed by atoms with Gasteiger partial charge in [0, 0.05) is 0 Å². The fourth-order valence-corrected chi connectivity index (χ4v) is 1.99. The molecule has 0 bridgehead atoms. The lowest BCUT2D eigenvalue weighted by Crippen LogP contribution is -2.14. The first-order valence-electron chi connectivity index (χ1n) is 4.63.